The molecule has 0 aliphatic heterocycles. The quantitative estimate of drug-likeness (QED) is 0.818. The maximum atomic E-state index is 12.5. The van der Waals surface area contributed by atoms with E-state index in [1.165, 1.54) is 4.90 Å². The average Bonchev–Trinajstić information content (AvgIpc) is 2.57. The molecule has 0 saturated carbocycles. The molecule has 0 bridgehead atoms. The monoisotopic (exact) mass is 364 g/mol. The number of nitrogens with zero attached hydrogens (tertiary/aromatic N) is 1. The van der Waals surface area contributed by atoms with Gasteiger partial charge in [0.2, 0.25) is 0 Å². The number of benzene rings is 2. The molecule has 0 atom stereocenters. The largest absolute Gasteiger partial charge is 0.328 e. The summed E-state index contributed by atoms with van der Waals surface area (Å²) >= 11 is 12.0. The van der Waals surface area contributed by atoms with Crippen molar-refractivity contribution in [1.29, 1.82) is 0 Å². The molecule has 0 aromatic heterocycles. The van der Waals surface area contributed by atoms with Crippen LogP contribution in [0.15, 0.2) is 48.5 Å². The van der Waals surface area contributed by atoms with E-state index in [0.29, 0.717) is 17.3 Å². The van der Waals surface area contributed by atoms with Crippen molar-refractivity contribution < 1.29 is 9.59 Å². The molecule has 0 saturated heterocycles. The molecule has 2 aromatic carbocycles. The third kappa shape index (κ3) is 4.49. The number of anilines is 1. The van der Waals surface area contributed by atoms with Gasteiger partial charge in [0.25, 0.3) is 0 Å². The van der Waals surface area contributed by atoms with Gasteiger partial charge in [0.1, 0.15) is 0 Å². The second-order valence-corrected chi connectivity index (χ2v) is 6.35. The van der Waals surface area contributed by atoms with Gasteiger partial charge in [-0.3, -0.25) is 9.59 Å². The zero-order valence-corrected chi connectivity index (χ0v) is 14.9. The van der Waals surface area contributed by atoms with Crippen LogP contribution < -0.4 is 5.32 Å². The fraction of sp³-hybridized carbons (Fsp3) is 0.222. The lowest BCUT2D eigenvalue weighted by molar-refractivity contribution is -0.144. The third-order valence-corrected chi connectivity index (χ3v) is 4.29. The van der Waals surface area contributed by atoms with E-state index in [1.807, 2.05) is 44.2 Å². The zero-order valence-electron chi connectivity index (χ0n) is 13.4. The number of amides is 2. The fourth-order valence-electron chi connectivity index (χ4n) is 2.18. The van der Waals surface area contributed by atoms with Crippen molar-refractivity contribution in [2.24, 2.45) is 0 Å². The van der Waals surface area contributed by atoms with E-state index in [4.69, 9.17) is 23.2 Å². The Bertz CT molecular complexity index is 733. The van der Waals surface area contributed by atoms with E-state index in [2.05, 4.69) is 5.32 Å². The van der Waals surface area contributed by atoms with E-state index >= 15 is 0 Å². The lowest BCUT2D eigenvalue weighted by Crippen LogP contribution is -2.43. The first kappa shape index (κ1) is 18.3. The van der Waals surface area contributed by atoms with Gasteiger partial charge in [-0.2, -0.15) is 0 Å². The normalized spacial score (nSPS) is 10.5. The highest BCUT2D eigenvalue weighted by Gasteiger charge is 2.25. The smallest absolute Gasteiger partial charge is 0.313 e. The van der Waals surface area contributed by atoms with Gasteiger partial charge in [0.15, 0.2) is 0 Å². The molecule has 0 aliphatic carbocycles. The fourth-order valence-corrected chi connectivity index (χ4v) is 2.52. The van der Waals surface area contributed by atoms with Crippen LogP contribution in [0, 0.1) is 0 Å². The predicted molar refractivity (Wildman–Crippen MR) is 97.2 cm³/mol. The van der Waals surface area contributed by atoms with Gasteiger partial charge in [-0.25, -0.2) is 0 Å². The molecule has 0 spiro atoms. The molecule has 4 nitrogen and oxygen atoms in total. The van der Waals surface area contributed by atoms with Crippen molar-refractivity contribution >= 4 is 40.7 Å². The third-order valence-electron chi connectivity index (χ3n) is 3.47. The van der Waals surface area contributed by atoms with Crippen LogP contribution in [0.5, 0.6) is 0 Å². The Labute approximate surface area is 151 Å². The molecule has 2 rings (SSSR count). The Morgan fingerprint density at radius 3 is 2.33 bits per heavy atom. The zero-order chi connectivity index (χ0) is 17.7. The summed E-state index contributed by atoms with van der Waals surface area (Å²) in [6, 6.07) is 14.2. The first-order valence-corrected chi connectivity index (χ1v) is 8.25. The number of rotatable bonds is 4. The van der Waals surface area contributed by atoms with Crippen molar-refractivity contribution in [3.63, 3.8) is 0 Å². The molecule has 2 amide bonds. The molecular weight excluding hydrogens is 347 g/mol. The summed E-state index contributed by atoms with van der Waals surface area (Å²) in [5.41, 5.74) is 1.26. The second kappa shape index (κ2) is 8.18. The van der Waals surface area contributed by atoms with Crippen molar-refractivity contribution in [3.05, 3.63) is 64.1 Å². The Hall–Kier alpha value is -2.04. The molecule has 0 heterocycles. The predicted octanol–water partition coefficient (Wildman–Crippen LogP) is 4.37. The minimum Gasteiger partial charge on any atom is -0.328 e. The maximum absolute atomic E-state index is 12.5. The highest BCUT2D eigenvalue weighted by atomic mass is 35.5. The summed E-state index contributed by atoms with van der Waals surface area (Å²) < 4.78 is 0. The van der Waals surface area contributed by atoms with E-state index in [-0.39, 0.29) is 11.1 Å². The van der Waals surface area contributed by atoms with Crippen molar-refractivity contribution in [3.8, 4) is 0 Å². The topological polar surface area (TPSA) is 49.4 Å². The molecule has 0 aliphatic rings. The van der Waals surface area contributed by atoms with E-state index < -0.39 is 11.8 Å². The summed E-state index contributed by atoms with van der Waals surface area (Å²) in [6.45, 7) is 4.08. The Morgan fingerprint density at radius 1 is 1.04 bits per heavy atom. The number of nitrogens with one attached hydrogen (secondary N) is 1. The molecule has 0 unspecified atom stereocenters. The Kier molecular flexibility index (Phi) is 6.23. The number of carbonyl (C=O) groups is 2. The summed E-state index contributed by atoms with van der Waals surface area (Å²) in [4.78, 5) is 26.3. The summed E-state index contributed by atoms with van der Waals surface area (Å²) in [5.74, 6) is -1.37. The van der Waals surface area contributed by atoms with E-state index in [1.54, 1.807) is 18.2 Å². The van der Waals surface area contributed by atoms with Crippen LogP contribution in [0.4, 0.5) is 5.69 Å². The lowest BCUT2D eigenvalue weighted by Gasteiger charge is -2.26. The Balaban J connectivity index is 2.14. The van der Waals surface area contributed by atoms with E-state index in [9.17, 15) is 9.59 Å². The summed E-state index contributed by atoms with van der Waals surface area (Å²) in [6.07, 6.45) is 0. The van der Waals surface area contributed by atoms with Gasteiger partial charge < -0.3 is 10.2 Å². The Morgan fingerprint density at radius 2 is 1.71 bits per heavy atom. The minimum absolute atomic E-state index is 0.127. The van der Waals surface area contributed by atoms with Crippen LogP contribution in [0.1, 0.15) is 19.4 Å². The molecule has 6 heteroatoms. The molecule has 0 radical (unpaired) electrons. The summed E-state index contributed by atoms with van der Waals surface area (Å²) in [7, 11) is 0. The molecule has 1 N–H and O–H groups in total. The van der Waals surface area contributed by atoms with Gasteiger partial charge in [0.05, 0.1) is 15.7 Å². The average molecular weight is 365 g/mol. The van der Waals surface area contributed by atoms with Crippen LogP contribution in [-0.4, -0.2) is 22.8 Å². The SMILES string of the molecule is CC(C)N(Cc1ccccc1)C(=O)C(=O)Nc1cccc(Cl)c1Cl. The number of halogens is 2. The van der Waals surface area contributed by atoms with Crippen molar-refractivity contribution in [2.45, 2.75) is 26.4 Å². The van der Waals surface area contributed by atoms with Crippen molar-refractivity contribution in [1.82, 2.24) is 4.90 Å². The van der Waals surface area contributed by atoms with Gasteiger partial charge in [0, 0.05) is 12.6 Å². The van der Waals surface area contributed by atoms with E-state index in [0.717, 1.165) is 5.56 Å². The molecule has 126 valence electrons. The first-order valence-electron chi connectivity index (χ1n) is 7.50. The highest BCUT2D eigenvalue weighted by molar-refractivity contribution is 6.45. The molecular formula is C18H18Cl2N2O2. The van der Waals surface area contributed by atoms with Crippen LogP contribution >= 0.6 is 23.2 Å². The van der Waals surface area contributed by atoms with Gasteiger partial charge in [-0.15, -0.1) is 0 Å². The number of hydrogen-bond acceptors (Lipinski definition) is 2. The molecule has 2 aromatic rings. The van der Waals surface area contributed by atoms with Crippen LogP contribution in [-0.2, 0) is 16.1 Å². The summed E-state index contributed by atoms with van der Waals surface area (Å²) in [5, 5.41) is 3.05. The molecule has 0 fully saturated rings. The highest BCUT2D eigenvalue weighted by Crippen LogP contribution is 2.29. The van der Waals surface area contributed by atoms with Gasteiger partial charge in [-0.1, -0.05) is 59.6 Å². The second-order valence-electron chi connectivity index (χ2n) is 5.57. The van der Waals surface area contributed by atoms with Crippen LogP contribution in [0.2, 0.25) is 10.0 Å². The van der Waals surface area contributed by atoms with Gasteiger partial charge >= 0.3 is 11.8 Å². The lowest BCUT2D eigenvalue weighted by atomic mass is 10.2. The van der Waals surface area contributed by atoms with Gasteiger partial charge in [-0.05, 0) is 31.5 Å². The van der Waals surface area contributed by atoms with Crippen LogP contribution in [0.25, 0.3) is 0 Å². The minimum atomic E-state index is -0.746. The maximum Gasteiger partial charge on any atom is 0.313 e. The van der Waals surface area contributed by atoms with Crippen LogP contribution in [0.3, 0.4) is 0 Å². The standard InChI is InChI=1S/C18H18Cl2N2O2/c1-12(2)22(11-13-7-4-3-5-8-13)18(24)17(23)21-15-10-6-9-14(19)16(15)20/h3-10,12H,11H2,1-2H3,(H,21,23). The number of carbonyl (C=O) groups excluding carboxylic acids is 2. The van der Waals surface area contributed by atoms with Crippen molar-refractivity contribution in [2.75, 3.05) is 5.32 Å². The number of hydrogen-bond donors (Lipinski definition) is 1. The molecule has 24 heavy (non-hydrogen) atoms. The first-order chi connectivity index (χ1) is 11.4.